The highest BCUT2D eigenvalue weighted by molar-refractivity contribution is 5.77. The van der Waals surface area contributed by atoms with Crippen LogP contribution in [0.4, 0.5) is 4.39 Å². The molecule has 1 atom stereocenters. The van der Waals surface area contributed by atoms with Gasteiger partial charge in [0.25, 0.3) is 0 Å². The molecule has 0 radical (unpaired) electrons. The van der Waals surface area contributed by atoms with E-state index in [2.05, 4.69) is 0 Å². The van der Waals surface area contributed by atoms with Crippen LogP contribution in [-0.2, 0) is 4.79 Å². The Bertz CT molecular complexity index is 424. The standard InChI is InChI=1S/C13H16FNO2/c1-8(9-2-4-10(14)5-3-9)13(12(16)17)6-11(15)7-13/h2-5,8,11H,6-7,15H2,1H3,(H,16,17). The molecule has 1 aliphatic rings. The van der Waals surface area contributed by atoms with E-state index in [0.29, 0.717) is 12.8 Å². The summed E-state index contributed by atoms with van der Waals surface area (Å²) in [4.78, 5) is 11.4. The first-order valence-corrected chi connectivity index (χ1v) is 5.70. The fourth-order valence-corrected chi connectivity index (χ4v) is 2.66. The summed E-state index contributed by atoms with van der Waals surface area (Å²) in [5.74, 6) is -1.27. The Morgan fingerprint density at radius 1 is 1.47 bits per heavy atom. The van der Waals surface area contributed by atoms with Crippen molar-refractivity contribution >= 4 is 5.97 Å². The van der Waals surface area contributed by atoms with E-state index in [1.165, 1.54) is 12.1 Å². The van der Waals surface area contributed by atoms with Crippen LogP contribution in [0.1, 0.15) is 31.2 Å². The average Bonchev–Trinajstić information content (AvgIpc) is 2.24. The van der Waals surface area contributed by atoms with Gasteiger partial charge in [0.1, 0.15) is 5.82 Å². The summed E-state index contributed by atoms with van der Waals surface area (Å²) in [6.07, 6.45) is 0.974. The Kier molecular flexibility index (Phi) is 2.91. The molecule has 4 heteroatoms. The second-order valence-corrected chi connectivity index (χ2v) is 4.90. The lowest BCUT2D eigenvalue weighted by Gasteiger charge is -2.46. The number of hydrogen-bond donors (Lipinski definition) is 2. The zero-order valence-electron chi connectivity index (χ0n) is 9.69. The van der Waals surface area contributed by atoms with Crippen LogP contribution in [0.5, 0.6) is 0 Å². The summed E-state index contributed by atoms with van der Waals surface area (Å²) in [5.41, 5.74) is 5.78. The Labute approximate surface area is 99.4 Å². The monoisotopic (exact) mass is 237 g/mol. The molecule has 0 spiro atoms. The molecule has 1 unspecified atom stereocenters. The van der Waals surface area contributed by atoms with Gasteiger partial charge in [-0.2, -0.15) is 0 Å². The molecule has 1 aromatic carbocycles. The van der Waals surface area contributed by atoms with Gasteiger partial charge in [0.15, 0.2) is 0 Å². The van der Waals surface area contributed by atoms with Crippen molar-refractivity contribution in [1.29, 1.82) is 0 Å². The minimum Gasteiger partial charge on any atom is -0.481 e. The Morgan fingerprint density at radius 3 is 2.41 bits per heavy atom. The van der Waals surface area contributed by atoms with E-state index in [1.54, 1.807) is 12.1 Å². The molecule has 0 saturated heterocycles. The SMILES string of the molecule is CC(c1ccc(F)cc1)C1(C(=O)O)CC(N)C1. The minimum absolute atomic E-state index is 0.0333. The summed E-state index contributed by atoms with van der Waals surface area (Å²) >= 11 is 0. The van der Waals surface area contributed by atoms with E-state index in [4.69, 9.17) is 5.73 Å². The minimum atomic E-state index is -0.809. The quantitative estimate of drug-likeness (QED) is 0.846. The number of carbonyl (C=O) groups is 1. The zero-order chi connectivity index (χ0) is 12.6. The number of aliphatic carboxylic acids is 1. The van der Waals surface area contributed by atoms with Crippen molar-refractivity contribution in [2.45, 2.75) is 31.7 Å². The lowest BCUT2D eigenvalue weighted by atomic mass is 9.57. The third-order valence-corrected chi connectivity index (χ3v) is 3.88. The van der Waals surface area contributed by atoms with E-state index in [9.17, 15) is 14.3 Å². The van der Waals surface area contributed by atoms with Crippen LogP contribution in [-0.4, -0.2) is 17.1 Å². The van der Waals surface area contributed by atoms with Gasteiger partial charge in [0.2, 0.25) is 0 Å². The number of benzene rings is 1. The second kappa shape index (κ2) is 4.11. The van der Waals surface area contributed by atoms with Gasteiger partial charge in [-0.15, -0.1) is 0 Å². The first-order chi connectivity index (χ1) is 7.95. The van der Waals surface area contributed by atoms with Crippen LogP contribution < -0.4 is 5.73 Å². The molecule has 1 aromatic rings. The van der Waals surface area contributed by atoms with Crippen molar-refractivity contribution in [3.63, 3.8) is 0 Å². The molecule has 3 nitrogen and oxygen atoms in total. The molecule has 0 aromatic heterocycles. The summed E-state index contributed by atoms with van der Waals surface area (Å²) in [5, 5.41) is 9.36. The van der Waals surface area contributed by atoms with E-state index >= 15 is 0 Å². The van der Waals surface area contributed by atoms with Crippen molar-refractivity contribution in [2.75, 3.05) is 0 Å². The molecule has 17 heavy (non-hydrogen) atoms. The molecule has 2 rings (SSSR count). The fourth-order valence-electron chi connectivity index (χ4n) is 2.66. The lowest BCUT2D eigenvalue weighted by Crippen LogP contribution is -2.53. The molecule has 0 aliphatic heterocycles. The maximum atomic E-state index is 12.8. The highest BCUT2D eigenvalue weighted by Gasteiger charge is 2.53. The van der Waals surface area contributed by atoms with Crippen LogP contribution in [0.3, 0.4) is 0 Å². The Morgan fingerprint density at radius 2 is 2.00 bits per heavy atom. The van der Waals surface area contributed by atoms with Gasteiger partial charge >= 0.3 is 5.97 Å². The van der Waals surface area contributed by atoms with Gasteiger partial charge in [-0.05, 0) is 36.5 Å². The van der Waals surface area contributed by atoms with Crippen molar-refractivity contribution in [3.05, 3.63) is 35.6 Å². The smallest absolute Gasteiger partial charge is 0.310 e. The normalized spacial score (nSPS) is 29.5. The molecule has 0 heterocycles. The lowest BCUT2D eigenvalue weighted by molar-refractivity contribution is -0.157. The Hall–Kier alpha value is -1.42. The molecule has 1 saturated carbocycles. The molecular weight excluding hydrogens is 221 g/mol. The topological polar surface area (TPSA) is 63.3 Å². The van der Waals surface area contributed by atoms with Crippen LogP contribution in [0.15, 0.2) is 24.3 Å². The van der Waals surface area contributed by atoms with Gasteiger partial charge in [-0.3, -0.25) is 4.79 Å². The first kappa shape index (κ1) is 12.0. The van der Waals surface area contributed by atoms with Crippen molar-refractivity contribution in [1.82, 2.24) is 0 Å². The first-order valence-electron chi connectivity index (χ1n) is 5.70. The van der Waals surface area contributed by atoms with Gasteiger partial charge in [0.05, 0.1) is 5.41 Å². The Balaban J connectivity index is 2.26. The van der Waals surface area contributed by atoms with Crippen molar-refractivity contribution in [2.24, 2.45) is 11.1 Å². The van der Waals surface area contributed by atoms with Crippen LogP contribution in [0, 0.1) is 11.2 Å². The number of hydrogen-bond acceptors (Lipinski definition) is 2. The number of halogens is 1. The average molecular weight is 237 g/mol. The van der Waals surface area contributed by atoms with Crippen molar-refractivity contribution < 1.29 is 14.3 Å². The summed E-state index contributed by atoms with van der Waals surface area (Å²) in [6, 6.07) is 5.98. The van der Waals surface area contributed by atoms with Crippen LogP contribution in [0.25, 0.3) is 0 Å². The van der Waals surface area contributed by atoms with Gasteiger partial charge in [0, 0.05) is 6.04 Å². The summed E-state index contributed by atoms with van der Waals surface area (Å²) in [6.45, 7) is 1.87. The summed E-state index contributed by atoms with van der Waals surface area (Å²) in [7, 11) is 0. The van der Waals surface area contributed by atoms with E-state index in [1.807, 2.05) is 6.92 Å². The summed E-state index contributed by atoms with van der Waals surface area (Å²) < 4.78 is 12.8. The third kappa shape index (κ3) is 1.93. The predicted octanol–water partition coefficient (Wildman–Crippen LogP) is 2.12. The molecule has 92 valence electrons. The van der Waals surface area contributed by atoms with Crippen molar-refractivity contribution in [3.8, 4) is 0 Å². The zero-order valence-corrected chi connectivity index (χ0v) is 9.69. The van der Waals surface area contributed by atoms with E-state index in [-0.39, 0.29) is 17.8 Å². The van der Waals surface area contributed by atoms with E-state index in [0.717, 1.165) is 5.56 Å². The van der Waals surface area contributed by atoms with E-state index < -0.39 is 11.4 Å². The molecule has 1 aliphatic carbocycles. The van der Waals surface area contributed by atoms with Crippen LogP contribution in [0.2, 0.25) is 0 Å². The number of carboxylic acids is 1. The predicted molar refractivity (Wildman–Crippen MR) is 62.1 cm³/mol. The highest BCUT2D eigenvalue weighted by atomic mass is 19.1. The fraction of sp³-hybridized carbons (Fsp3) is 0.462. The molecule has 0 amide bonds. The molecule has 0 bridgehead atoms. The van der Waals surface area contributed by atoms with Gasteiger partial charge in [-0.25, -0.2) is 4.39 Å². The second-order valence-electron chi connectivity index (χ2n) is 4.90. The van der Waals surface area contributed by atoms with Crippen LogP contribution >= 0.6 is 0 Å². The maximum absolute atomic E-state index is 12.8. The number of rotatable bonds is 3. The third-order valence-electron chi connectivity index (χ3n) is 3.88. The largest absolute Gasteiger partial charge is 0.481 e. The van der Waals surface area contributed by atoms with Gasteiger partial charge < -0.3 is 10.8 Å². The number of nitrogens with two attached hydrogens (primary N) is 1. The maximum Gasteiger partial charge on any atom is 0.310 e. The molecule has 1 fully saturated rings. The molecule has 3 N–H and O–H groups in total. The van der Waals surface area contributed by atoms with Gasteiger partial charge in [-0.1, -0.05) is 19.1 Å². The highest BCUT2D eigenvalue weighted by Crippen LogP contribution is 2.50. The molecular formula is C13H16FNO2. The number of carboxylic acid groups (broad SMARTS) is 1.